The summed E-state index contributed by atoms with van der Waals surface area (Å²) in [4.78, 5) is 15.9. The fourth-order valence-electron chi connectivity index (χ4n) is 1.99. The number of aromatic nitrogens is 1. The zero-order valence-electron chi connectivity index (χ0n) is 11.8. The maximum Gasteiger partial charge on any atom is 0.239 e. The van der Waals surface area contributed by atoms with Crippen LogP contribution in [-0.4, -0.2) is 31.1 Å². The molecule has 1 aromatic carbocycles. The lowest BCUT2D eigenvalue weighted by atomic mass is 10.1. The van der Waals surface area contributed by atoms with Gasteiger partial charge in [-0.05, 0) is 18.6 Å². The highest BCUT2D eigenvalue weighted by Gasteiger charge is 2.07. The van der Waals surface area contributed by atoms with Crippen molar-refractivity contribution in [1.29, 1.82) is 0 Å². The molecule has 1 amide bonds. The summed E-state index contributed by atoms with van der Waals surface area (Å²) >= 11 is 0. The highest BCUT2D eigenvalue weighted by atomic mass is 16.5. The van der Waals surface area contributed by atoms with Crippen LogP contribution in [0.1, 0.15) is 13.3 Å². The number of pyridine rings is 1. The molecule has 0 aliphatic carbocycles. The van der Waals surface area contributed by atoms with Crippen molar-refractivity contribution in [3.63, 3.8) is 0 Å². The van der Waals surface area contributed by atoms with Crippen molar-refractivity contribution in [2.75, 3.05) is 25.5 Å². The zero-order valence-corrected chi connectivity index (χ0v) is 11.8. The average Bonchev–Trinajstić information content (AvgIpc) is 2.50. The molecular weight excluding hydrogens is 254 g/mol. The van der Waals surface area contributed by atoms with Crippen LogP contribution in [0.15, 0.2) is 30.5 Å². The Balaban J connectivity index is 2.16. The molecule has 0 atom stereocenters. The maximum absolute atomic E-state index is 11.6. The van der Waals surface area contributed by atoms with Gasteiger partial charge in [0.15, 0.2) is 0 Å². The summed E-state index contributed by atoms with van der Waals surface area (Å²) < 4.78 is 5.33. The van der Waals surface area contributed by atoms with E-state index in [-0.39, 0.29) is 12.5 Å². The number of methoxy groups -OCH3 is 1. The molecule has 1 aromatic heterocycles. The number of nitrogens with zero attached hydrogens (tertiary/aromatic N) is 1. The van der Waals surface area contributed by atoms with E-state index in [2.05, 4.69) is 15.6 Å². The summed E-state index contributed by atoms with van der Waals surface area (Å²) in [6.45, 7) is 2.92. The van der Waals surface area contributed by atoms with Crippen LogP contribution in [0, 0.1) is 0 Å². The summed E-state index contributed by atoms with van der Waals surface area (Å²) in [6.07, 6.45) is 2.63. The second-order valence-electron chi connectivity index (χ2n) is 4.42. The van der Waals surface area contributed by atoms with Gasteiger partial charge in [0.05, 0.1) is 13.7 Å². The number of carbonyl (C=O) groups is 1. The smallest absolute Gasteiger partial charge is 0.239 e. The number of hydrogen-bond acceptors (Lipinski definition) is 4. The SMILES string of the molecule is CCCNC(=O)CNc1nccc2c(OC)cccc12. The van der Waals surface area contributed by atoms with Crippen LogP contribution in [0.5, 0.6) is 5.75 Å². The number of carbonyl (C=O) groups excluding carboxylic acids is 1. The van der Waals surface area contributed by atoms with Crippen LogP contribution < -0.4 is 15.4 Å². The Kier molecular flexibility index (Phi) is 4.76. The molecule has 0 unspecified atom stereocenters. The van der Waals surface area contributed by atoms with Gasteiger partial charge in [0.2, 0.25) is 5.91 Å². The van der Waals surface area contributed by atoms with E-state index in [0.717, 1.165) is 22.9 Å². The molecule has 0 saturated carbocycles. The summed E-state index contributed by atoms with van der Waals surface area (Å²) in [7, 11) is 1.64. The van der Waals surface area contributed by atoms with E-state index in [1.165, 1.54) is 0 Å². The lowest BCUT2D eigenvalue weighted by molar-refractivity contribution is -0.119. The number of rotatable bonds is 6. The largest absolute Gasteiger partial charge is 0.496 e. The van der Waals surface area contributed by atoms with E-state index in [4.69, 9.17) is 4.74 Å². The summed E-state index contributed by atoms with van der Waals surface area (Å²) in [5.41, 5.74) is 0. The van der Waals surface area contributed by atoms with E-state index in [0.29, 0.717) is 12.4 Å². The van der Waals surface area contributed by atoms with Crippen molar-refractivity contribution in [2.45, 2.75) is 13.3 Å². The van der Waals surface area contributed by atoms with Gasteiger partial charge in [-0.15, -0.1) is 0 Å². The second-order valence-corrected chi connectivity index (χ2v) is 4.42. The highest BCUT2D eigenvalue weighted by molar-refractivity contribution is 5.96. The van der Waals surface area contributed by atoms with Crippen LogP contribution in [0.2, 0.25) is 0 Å². The lowest BCUT2D eigenvalue weighted by Gasteiger charge is -2.10. The van der Waals surface area contributed by atoms with Crippen molar-refractivity contribution in [3.05, 3.63) is 30.5 Å². The van der Waals surface area contributed by atoms with Gasteiger partial charge in [-0.3, -0.25) is 4.79 Å². The lowest BCUT2D eigenvalue weighted by Crippen LogP contribution is -2.30. The fourth-order valence-corrected chi connectivity index (χ4v) is 1.99. The molecule has 2 rings (SSSR count). The minimum absolute atomic E-state index is 0.0338. The van der Waals surface area contributed by atoms with Crippen molar-refractivity contribution in [2.24, 2.45) is 0 Å². The van der Waals surface area contributed by atoms with Gasteiger partial charge >= 0.3 is 0 Å². The zero-order chi connectivity index (χ0) is 14.4. The van der Waals surface area contributed by atoms with Gasteiger partial charge in [-0.1, -0.05) is 19.1 Å². The molecule has 0 bridgehead atoms. The normalized spacial score (nSPS) is 10.3. The van der Waals surface area contributed by atoms with E-state index >= 15 is 0 Å². The minimum Gasteiger partial charge on any atom is -0.496 e. The predicted molar refractivity (Wildman–Crippen MR) is 80.1 cm³/mol. The van der Waals surface area contributed by atoms with Crippen LogP contribution in [0.25, 0.3) is 10.8 Å². The molecule has 5 nitrogen and oxygen atoms in total. The fraction of sp³-hybridized carbons (Fsp3) is 0.333. The molecular formula is C15H19N3O2. The molecule has 0 radical (unpaired) electrons. The minimum atomic E-state index is -0.0338. The number of ether oxygens (including phenoxy) is 1. The molecule has 5 heteroatoms. The number of fused-ring (bicyclic) bond motifs is 1. The molecule has 2 N–H and O–H groups in total. The third-order valence-electron chi connectivity index (χ3n) is 2.97. The highest BCUT2D eigenvalue weighted by Crippen LogP contribution is 2.28. The van der Waals surface area contributed by atoms with Crippen molar-refractivity contribution >= 4 is 22.5 Å². The predicted octanol–water partition coefficient (Wildman–Crippen LogP) is 2.18. The Hall–Kier alpha value is -2.30. The van der Waals surface area contributed by atoms with E-state index in [9.17, 15) is 4.79 Å². The quantitative estimate of drug-likeness (QED) is 0.846. The van der Waals surface area contributed by atoms with Gasteiger partial charge in [0.1, 0.15) is 11.6 Å². The van der Waals surface area contributed by atoms with Gasteiger partial charge in [0, 0.05) is 23.5 Å². The summed E-state index contributed by atoms with van der Waals surface area (Å²) in [5.74, 6) is 1.45. The van der Waals surface area contributed by atoms with Crippen LogP contribution in [-0.2, 0) is 4.79 Å². The Morgan fingerprint density at radius 1 is 1.30 bits per heavy atom. The van der Waals surface area contributed by atoms with Crippen LogP contribution in [0.4, 0.5) is 5.82 Å². The number of benzene rings is 1. The third kappa shape index (κ3) is 3.17. The van der Waals surface area contributed by atoms with Crippen LogP contribution >= 0.6 is 0 Å². The van der Waals surface area contributed by atoms with Gasteiger partial charge in [-0.2, -0.15) is 0 Å². The van der Waals surface area contributed by atoms with Crippen LogP contribution in [0.3, 0.4) is 0 Å². The molecule has 1 heterocycles. The number of amides is 1. The first-order chi connectivity index (χ1) is 9.76. The maximum atomic E-state index is 11.6. The molecule has 0 saturated heterocycles. The van der Waals surface area contributed by atoms with Crippen molar-refractivity contribution in [1.82, 2.24) is 10.3 Å². The van der Waals surface area contributed by atoms with E-state index in [1.807, 2.05) is 31.2 Å². The summed E-state index contributed by atoms with van der Waals surface area (Å²) in [6, 6.07) is 7.67. The number of hydrogen-bond donors (Lipinski definition) is 2. The molecule has 106 valence electrons. The van der Waals surface area contributed by atoms with E-state index in [1.54, 1.807) is 13.3 Å². The second kappa shape index (κ2) is 6.75. The first kappa shape index (κ1) is 14.1. The van der Waals surface area contributed by atoms with E-state index < -0.39 is 0 Å². The molecule has 0 aliphatic rings. The monoisotopic (exact) mass is 273 g/mol. The van der Waals surface area contributed by atoms with Gasteiger partial charge in [-0.25, -0.2) is 4.98 Å². The molecule has 0 fully saturated rings. The summed E-state index contributed by atoms with van der Waals surface area (Å²) in [5, 5.41) is 7.80. The third-order valence-corrected chi connectivity index (χ3v) is 2.97. The molecule has 0 aliphatic heterocycles. The number of nitrogens with one attached hydrogen (secondary N) is 2. The Morgan fingerprint density at radius 3 is 2.90 bits per heavy atom. The van der Waals surface area contributed by atoms with Gasteiger partial charge in [0.25, 0.3) is 0 Å². The molecule has 2 aromatic rings. The van der Waals surface area contributed by atoms with Gasteiger partial charge < -0.3 is 15.4 Å². The first-order valence-electron chi connectivity index (χ1n) is 6.68. The van der Waals surface area contributed by atoms with Crippen molar-refractivity contribution in [3.8, 4) is 5.75 Å². The number of anilines is 1. The topological polar surface area (TPSA) is 63.2 Å². The Bertz CT molecular complexity index is 599. The molecule has 20 heavy (non-hydrogen) atoms. The first-order valence-corrected chi connectivity index (χ1v) is 6.68. The Labute approximate surface area is 118 Å². The standard InChI is InChI=1S/C15H19N3O2/c1-3-8-16-14(19)10-18-15-12-5-4-6-13(20-2)11(12)7-9-17-15/h4-7,9H,3,8,10H2,1-2H3,(H,16,19)(H,17,18). The van der Waals surface area contributed by atoms with Crippen molar-refractivity contribution < 1.29 is 9.53 Å². The average molecular weight is 273 g/mol. The Morgan fingerprint density at radius 2 is 2.15 bits per heavy atom. The molecule has 0 spiro atoms.